The molecule has 0 N–H and O–H groups in total. The van der Waals surface area contributed by atoms with Crippen molar-refractivity contribution in [3.8, 4) is 5.75 Å². The zero-order valence-corrected chi connectivity index (χ0v) is 15.9. The molecule has 0 unspecified atom stereocenters. The molecule has 1 aliphatic heterocycles. The molecule has 2 heterocycles. The van der Waals surface area contributed by atoms with E-state index in [0.29, 0.717) is 13.0 Å². The summed E-state index contributed by atoms with van der Waals surface area (Å²) in [6.07, 6.45) is 2.71. The number of anilines is 1. The van der Waals surface area contributed by atoms with Crippen molar-refractivity contribution in [2.45, 2.75) is 38.6 Å². The van der Waals surface area contributed by atoms with Crippen molar-refractivity contribution in [2.75, 3.05) is 18.6 Å². The van der Waals surface area contributed by atoms with Crippen molar-refractivity contribution in [3.05, 3.63) is 54.4 Å². The fraction of sp³-hybridized carbons (Fsp3) is 0.364. The van der Waals surface area contributed by atoms with E-state index in [4.69, 9.17) is 9.72 Å². The molecular weight excluding hydrogens is 338 g/mol. The van der Waals surface area contributed by atoms with E-state index in [2.05, 4.69) is 29.7 Å². The number of aromatic nitrogens is 2. The summed E-state index contributed by atoms with van der Waals surface area (Å²) in [7, 11) is 1.64. The van der Waals surface area contributed by atoms with Crippen LogP contribution < -0.4 is 9.64 Å². The van der Waals surface area contributed by atoms with Crippen LogP contribution in [-0.4, -0.2) is 29.1 Å². The zero-order chi connectivity index (χ0) is 18.8. The van der Waals surface area contributed by atoms with Crippen LogP contribution in [0.1, 0.15) is 37.9 Å². The number of ether oxygens (including phenoxy) is 1. The number of unbranched alkanes of at least 4 members (excludes halogenated alkanes) is 1. The number of rotatable bonds is 6. The van der Waals surface area contributed by atoms with Crippen LogP contribution in [0.5, 0.6) is 5.75 Å². The van der Waals surface area contributed by atoms with Crippen molar-refractivity contribution < 1.29 is 9.53 Å². The predicted molar refractivity (Wildman–Crippen MR) is 107 cm³/mol. The number of benzene rings is 2. The Hall–Kier alpha value is -2.82. The molecule has 1 aromatic heterocycles. The van der Waals surface area contributed by atoms with Gasteiger partial charge in [-0.15, -0.1) is 0 Å². The Kier molecular flexibility index (Phi) is 4.84. The Balaban J connectivity index is 1.69. The number of imidazole rings is 1. The predicted octanol–water partition coefficient (Wildman–Crippen LogP) is 4.37. The number of methoxy groups -OCH3 is 1. The van der Waals surface area contributed by atoms with Gasteiger partial charge in [-0.25, -0.2) is 4.98 Å². The quantitative estimate of drug-likeness (QED) is 0.653. The highest BCUT2D eigenvalue weighted by atomic mass is 16.5. The number of nitrogens with zero attached hydrogens (tertiary/aromatic N) is 3. The zero-order valence-electron chi connectivity index (χ0n) is 15.9. The van der Waals surface area contributed by atoms with Gasteiger partial charge in [0.05, 0.1) is 23.8 Å². The lowest BCUT2D eigenvalue weighted by Gasteiger charge is -2.19. The molecule has 3 aromatic rings. The molecule has 4 rings (SSSR count). The van der Waals surface area contributed by atoms with Gasteiger partial charge < -0.3 is 14.2 Å². The Morgan fingerprint density at radius 2 is 1.93 bits per heavy atom. The standard InChI is InChI=1S/C22H25N3O2/c1-3-4-13-24-18-10-6-5-9-17(18)23-22(24)16-14-21(26)25(15-16)19-11-7-8-12-20(19)27-2/h5-12,16H,3-4,13-15H2,1-2H3/t16-/m1/s1. The summed E-state index contributed by atoms with van der Waals surface area (Å²) in [4.78, 5) is 19.5. The molecule has 0 saturated carbocycles. The number of hydrogen-bond acceptors (Lipinski definition) is 3. The number of carbonyl (C=O) groups excluding carboxylic acids is 1. The summed E-state index contributed by atoms with van der Waals surface area (Å²) >= 11 is 0. The Morgan fingerprint density at radius 1 is 1.15 bits per heavy atom. The molecule has 0 radical (unpaired) electrons. The van der Waals surface area contributed by atoms with E-state index in [1.165, 1.54) is 0 Å². The van der Waals surface area contributed by atoms with Gasteiger partial charge in [0.15, 0.2) is 0 Å². The van der Waals surface area contributed by atoms with Crippen molar-refractivity contribution in [2.24, 2.45) is 0 Å². The van der Waals surface area contributed by atoms with Gasteiger partial charge in [-0.3, -0.25) is 4.79 Å². The maximum atomic E-state index is 12.8. The average molecular weight is 363 g/mol. The van der Waals surface area contributed by atoms with Crippen LogP contribution >= 0.6 is 0 Å². The molecule has 27 heavy (non-hydrogen) atoms. The van der Waals surface area contributed by atoms with Gasteiger partial charge in [-0.2, -0.15) is 0 Å². The number of aryl methyl sites for hydroxylation is 1. The van der Waals surface area contributed by atoms with Gasteiger partial charge >= 0.3 is 0 Å². The SMILES string of the molecule is CCCCn1c([C@@H]2CC(=O)N(c3ccccc3OC)C2)nc2ccccc21. The number of amides is 1. The van der Waals surface area contributed by atoms with E-state index in [9.17, 15) is 4.79 Å². The van der Waals surface area contributed by atoms with Crippen LogP contribution in [0.3, 0.4) is 0 Å². The lowest BCUT2D eigenvalue weighted by molar-refractivity contribution is -0.117. The van der Waals surface area contributed by atoms with Crippen LogP contribution in [0.25, 0.3) is 11.0 Å². The number of fused-ring (bicyclic) bond motifs is 1. The molecule has 0 aliphatic carbocycles. The molecule has 140 valence electrons. The first-order valence-electron chi connectivity index (χ1n) is 9.61. The maximum Gasteiger partial charge on any atom is 0.227 e. The van der Waals surface area contributed by atoms with Gasteiger partial charge in [-0.05, 0) is 30.7 Å². The van der Waals surface area contributed by atoms with E-state index in [0.717, 1.165) is 47.7 Å². The Morgan fingerprint density at radius 3 is 2.74 bits per heavy atom. The molecule has 5 nitrogen and oxygen atoms in total. The summed E-state index contributed by atoms with van der Waals surface area (Å²) in [5.41, 5.74) is 3.00. The second kappa shape index (κ2) is 7.43. The third kappa shape index (κ3) is 3.18. The molecule has 1 amide bonds. The van der Waals surface area contributed by atoms with Crippen LogP contribution in [0, 0.1) is 0 Å². The summed E-state index contributed by atoms with van der Waals surface area (Å²) in [6, 6.07) is 15.9. The fourth-order valence-electron chi connectivity index (χ4n) is 3.92. The first-order chi connectivity index (χ1) is 13.2. The van der Waals surface area contributed by atoms with Crippen LogP contribution in [0.2, 0.25) is 0 Å². The van der Waals surface area contributed by atoms with E-state index >= 15 is 0 Å². The number of carbonyl (C=O) groups is 1. The number of hydrogen-bond donors (Lipinski definition) is 0. The maximum absolute atomic E-state index is 12.8. The highest BCUT2D eigenvalue weighted by molar-refractivity contribution is 5.97. The van der Waals surface area contributed by atoms with Gasteiger partial charge in [0, 0.05) is 25.4 Å². The minimum atomic E-state index is 0.0895. The smallest absolute Gasteiger partial charge is 0.227 e. The first-order valence-corrected chi connectivity index (χ1v) is 9.61. The summed E-state index contributed by atoms with van der Waals surface area (Å²) < 4.78 is 7.77. The van der Waals surface area contributed by atoms with Crippen molar-refractivity contribution >= 4 is 22.6 Å². The lowest BCUT2D eigenvalue weighted by Crippen LogP contribution is -2.25. The van der Waals surface area contributed by atoms with Crippen molar-refractivity contribution in [1.82, 2.24) is 9.55 Å². The molecule has 1 aliphatic rings. The second-order valence-electron chi connectivity index (χ2n) is 7.04. The minimum absolute atomic E-state index is 0.0895. The topological polar surface area (TPSA) is 47.4 Å². The normalized spacial score (nSPS) is 17.0. The van der Waals surface area contributed by atoms with Gasteiger partial charge in [0.2, 0.25) is 5.91 Å². The second-order valence-corrected chi connectivity index (χ2v) is 7.04. The molecular formula is C22H25N3O2. The van der Waals surface area contributed by atoms with Gasteiger partial charge in [0.1, 0.15) is 11.6 Å². The Labute approximate surface area is 159 Å². The van der Waals surface area contributed by atoms with Crippen molar-refractivity contribution in [3.63, 3.8) is 0 Å². The van der Waals surface area contributed by atoms with E-state index in [1.54, 1.807) is 7.11 Å². The highest BCUT2D eigenvalue weighted by Crippen LogP contribution is 2.37. The van der Waals surface area contributed by atoms with Crippen LogP contribution in [-0.2, 0) is 11.3 Å². The fourth-order valence-corrected chi connectivity index (χ4v) is 3.92. The monoisotopic (exact) mass is 363 g/mol. The van der Waals surface area contributed by atoms with Gasteiger partial charge in [0.25, 0.3) is 0 Å². The average Bonchev–Trinajstić information content (AvgIpc) is 3.26. The number of para-hydroxylation sites is 4. The molecule has 0 spiro atoms. The summed E-state index contributed by atoms with van der Waals surface area (Å²) in [6.45, 7) is 3.77. The summed E-state index contributed by atoms with van der Waals surface area (Å²) in [5.74, 6) is 1.96. The van der Waals surface area contributed by atoms with Crippen molar-refractivity contribution in [1.29, 1.82) is 0 Å². The third-order valence-corrected chi connectivity index (χ3v) is 5.29. The molecule has 1 saturated heterocycles. The largest absolute Gasteiger partial charge is 0.495 e. The minimum Gasteiger partial charge on any atom is -0.495 e. The van der Waals surface area contributed by atoms with E-state index in [1.807, 2.05) is 35.2 Å². The van der Waals surface area contributed by atoms with Crippen LogP contribution in [0.15, 0.2) is 48.5 Å². The van der Waals surface area contributed by atoms with E-state index in [-0.39, 0.29) is 11.8 Å². The molecule has 0 bridgehead atoms. The third-order valence-electron chi connectivity index (χ3n) is 5.29. The van der Waals surface area contributed by atoms with Crippen LogP contribution in [0.4, 0.5) is 5.69 Å². The molecule has 5 heteroatoms. The summed E-state index contributed by atoms with van der Waals surface area (Å²) in [5, 5.41) is 0. The molecule has 1 atom stereocenters. The lowest BCUT2D eigenvalue weighted by atomic mass is 10.1. The Bertz CT molecular complexity index is 963. The first kappa shape index (κ1) is 17.6. The molecule has 1 fully saturated rings. The highest BCUT2D eigenvalue weighted by Gasteiger charge is 2.35. The van der Waals surface area contributed by atoms with E-state index < -0.39 is 0 Å². The van der Waals surface area contributed by atoms with Gasteiger partial charge in [-0.1, -0.05) is 37.6 Å². The molecule has 2 aromatic carbocycles.